The number of carbonyl (C=O) groups is 1. The molecule has 1 aromatic heterocycles. The van der Waals surface area contributed by atoms with E-state index in [1.54, 1.807) is 29.7 Å². The molecule has 0 spiro atoms. The van der Waals surface area contributed by atoms with Gasteiger partial charge in [-0.3, -0.25) is 9.48 Å². The van der Waals surface area contributed by atoms with Gasteiger partial charge in [-0.05, 0) is 13.8 Å². The molecule has 0 fully saturated rings. The lowest BCUT2D eigenvalue weighted by molar-refractivity contribution is -0.130. The number of aromatic nitrogens is 3. The first kappa shape index (κ1) is 12.0. The number of hydrogen-bond donors (Lipinski definition) is 0. The number of aryl methyl sites for hydroxylation is 1. The van der Waals surface area contributed by atoms with E-state index in [4.69, 9.17) is 11.6 Å². The summed E-state index contributed by atoms with van der Waals surface area (Å²) in [5, 5.41) is 7.23. The van der Waals surface area contributed by atoms with Gasteiger partial charge in [-0.15, -0.1) is 16.7 Å². The highest BCUT2D eigenvalue weighted by molar-refractivity contribution is 6.30. The van der Waals surface area contributed by atoms with E-state index in [2.05, 4.69) is 10.3 Å². The molecule has 1 heterocycles. The topological polar surface area (TPSA) is 51.0 Å². The van der Waals surface area contributed by atoms with Crippen molar-refractivity contribution in [2.45, 2.75) is 25.8 Å². The van der Waals surface area contributed by atoms with Crippen LogP contribution in [0.5, 0.6) is 0 Å². The SMILES string of the molecule is CCN(Cc1cn(C)nn1)C(=O)C(C)Cl. The van der Waals surface area contributed by atoms with Crippen LogP contribution in [0, 0.1) is 0 Å². The quantitative estimate of drug-likeness (QED) is 0.719. The molecule has 5 nitrogen and oxygen atoms in total. The molecule has 6 heteroatoms. The van der Waals surface area contributed by atoms with Crippen LogP contribution in [0.15, 0.2) is 6.20 Å². The zero-order valence-electron chi connectivity index (χ0n) is 9.14. The molecule has 0 aromatic carbocycles. The van der Waals surface area contributed by atoms with Crippen molar-refractivity contribution in [1.29, 1.82) is 0 Å². The summed E-state index contributed by atoms with van der Waals surface area (Å²) in [5.74, 6) is -0.0789. The van der Waals surface area contributed by atoms with Crippen LogP contribution >= 0.6 is 11.6 Å². The molecule has 0 N–H and O–H groups in total. The van der Waals surface area contributed by atoms with Gasteiger partial charge < -0.3 is 4.90 Å². The normalized spacial score (nSPS) is 12.5. The Morgan fingerprint density at radius 3 is 2.80 bits per heavy atom. The van der Waals surface area contributed by atoms with Gasteiger partial charge in [-0.1, -0.05) is 5.21 Å². The van der Waals surface area contributed by atoms with Crippen molar-refractivity contribution in [3.8, 4) is 0 Å². The molecule has 0 saturated carbocycles. The van der Waals surface area contributed by atoms with Crippen molar-refractivity contribution in [3.63, 3.8) is 0 Å². The Morgan fingerprint density at radius 2 is 2.40 bits per heavy atom. The lowest BCUT2D eigenvalue weighted by Gasteiger charge is -2.20. The number of halogens is 1. The van der Waals surface area contributed by atoms with E-state index < -0.39 is 5.38 Å². The van der Waals surface area contributed by atoms with Gasteiger partial charge in [-0.25, -0.2) is 0 Å². The Kier molecular flexibility index (Phi) is 4.08. The molecule has 0 bridgehead atoms. The van der Waals surface area contributed by atoms with Crippen molar-refractivity contribution in [2.75, 3.05) is 6.54 Å². The van der Waals surface area contributed by atoms with E-state index >= 15 is 0 Å². The highest BCUT2D eigenvalue weighted by Crippen LogP contribution is 2.05. The number of nitrogens with zero attached hydrogens (tertiary/aromatic N) is 4. The molecule has 1 unspecified atom stereocenters. The zero-order valence-corrected chi connectivity index (χ0v) is 9.90. The van der Waals surface area contributed by atoms with Crippen molar-refractivity contribution < 1.29 is 4.79 Å². The minimum Gasteiger partial charge on any atom is -0.336 e. The first-order valence-electron chi connectivity index (χ1n) is 4.82. The molecule has 1 amide bonds. The van der Waals surface area contributed by atoms with Gasteiger partial charge in [0.05, 0.1) is 6.54 Å². The summed E-state index contributed by atoms with van der Waals surface area (Å²) in [4.78, 5) is 13.3. The smallest absolute Gasteiger partial charge is 0.240 e. The fraction of sp³-hybridized carbons (Fsp3) is 0.667. The Morgan fingerprint density at radius 1 is 1.73 bits per heavy atom. The summed E-state index contributed by atoms with van der Waals surface area (Å²) in [7, 11) is 1.79. The maximum atomic E-state index is 11.6. The second kappa shape index (κ2) is 5.11. The molecule has 1 rings (SSSR count). The molecular weight excluding hydrogens is 216 g/mol. The summed E-state index contributed by atoms with van der Waals surface area (Å²) in [6.07, 6.45) is 1.79. The lowest BCUT2D eigenvalue weighted by Crippen LogP contribution is -2.35. The minimum atomic E-state index is -0.498. The third kappa shape index (κ3) is 3.20. The Hall–Kier alpha value is -1.10. The van der Waals surface area contributed by atoms with Crippen LogP contribution in [0.25, 0.3) is 0 Å². The lowest BCUT2D eigenvalue weighted by atomic mass is 10.3. The number of carbonyl (C=O) groups excluding carboxylic acids is 1. The maximum absolute atomic E-state index is 11.6. The third-order valence-electron chi connectivity index (χ3n) is 2.04. The summed E-state index contributed by atoms with van der Waals surface area (Å²) >= 11 is 5.74. The number of hydrogen-bond acceptors (Lipinski definition) is 3. The summed E-state index contributed by atoms with van der Waals surface area (Å²) in [5.41, 5.74) is 0.769. The van der Waals surface area contributed by atoms with Crippen molar-refractivity contribution >= 4 is 17.5 Å². The molecule has 0 aliphatic carbocycles. The van der Waals surface area contributed by atoms with E-state index in [0.717, 1.165) is 5.69 Å². The highest BCUT2D eigenvalue weighted by atomic mass is 35.5. The fourth-order valence-electron chi connectivity index (χ4n) is 1.26. The van der Waals surface area contributed by atoms with E-state index in [1.807, 2.05) is 6.92 Å². The average Bonchev–Trinajstić information content (AvgIpc) is 2.59. The first-order valence-corrected chi connectivity index (χ1v) is 5.26. The first-order chi connectivity index (χ1) is 7.04. The molecular formula is C9H15ClN4O. The van der Waals surface area contributed by atoms with Crippen LogP contribution < -0.4 is 0 Å². The minimum absolute atomic E-state index is 0.0789. The standard InChI is InChI=1S/C9H15ClN4O/c1-4-14(9(15)7(2)10)6-8-5-13(3)12-11-8/h5,7H,4,6H2,1-3H3. The van der Waals surface area contributed by atoms with Crippen LogP contribution in [-0.4, -0.2) is 37.7 Å². The summed E-state index contributed by atoms with van der Waals surface area (Å²) in [6, 6.07) is 0. The fourth-order valence-corrected chi connectivity index (χ4v) is 1.40. The van der Waals surface area contributed by atoms with Gasteiger partial charge in [0.25, 0.3) is 0 Å². The predicted octanol–water partition coefficient (Wildman–Crippen LogP) is 0.791. The average molecular weight is 231 g/mol. The van der Waals surface area contributed by atoms with Crippen LogP contribution in [0.4, 0.5) is 0 Å². The third-order valence-corrected chi connectivity index (χ3v) is 2.22. The zero-order chi connectivity index (χ0) is 11.4. The van der Waals surface area contributed by atoms with Gasteiger partial charge in [-0.2, -0.15) is 0 Å². The molecule has 0 saturated heterocycles. The maximum Gasteiger partial charge on any atom is 0.240 e. The van der Waals surface area contributed by atoms with Gasteiger partial charge in [0, 0.05) is 19.8 Å². The number of amides is 1. The Balaban J connectivity index is 2.65. The Bertz CT molecular complexity index is 337. The summed E-state index contributed by atoms with van der Waals surface area (Å²) in [6.45, 7) is 4.66. The van der Waals surface area contributed by atoms with Crippen LogP contribution in [0.1, 0.15) is 19.5 Å². The predicted molar refractivity (Wildman–Crippen MR) is 57.4 cm³/mol. The van der Waals surface area contributed by atoms with Gasteiger partial charge in [0.2, 0.25) is 5.91 Å². The van der Waals surface area contributed by atoms with Gasteiger partial charge >= 0.3 is 0 Å². The van der Waals surface area contributed by atoms with Crippen LogP contribution in [0.3, 0.4) is 0 Å². The molecule has 0 radical (unpaired) electrons. The van der Waals surface area contributed by atoms with E-state index in [0.29, 0.717) is 13.1 Å². The Labute approximate surface area is 94.0 Å². The molecule has 84 valence electrons. The highest BCUT2D eigenvalue weighted by Gasteiger charge is 2.18. The molecule has 0 aliphatic heterocycles. The number of rotatable bonds is 4. The second-order valence-electron chi connectivity index (χ2n) is 3.35. The van der Waals surface area contributed by atoms with Crippen LogP contribution in [0.2, 0.25) is 0 Å². The largest absolute Gasteiger partial charge is 0.336 e. The summed E-state index contributed by atoms with van der Waals surface area (Å²) < 4.78 is 1.61. The van der Waals surface area contributed by atoms with E-state index in [-0.39, 0.29) is 5.91 Å². The molecule has 1 atom stereocenters. The molecule has 0 aliphatic rings. The van der Waals surface area contributed by atoms with Crippen molar-refractivity contribution in [3.05, 3.63) is 11.9 Å². The monoisotopic (exact) mass is 230 g/mol. The van der Waals surface area contributed by atoms with Gasteiger partial charge in [0.15, 0.2) is 0 Å². The molecule has 15 heavy (non-hydrogen) atoms. The van der Waals surface area contributed by atoms with Gasteiger partial charge in [0.1, 0.15) is 11.1 Å². The number of alkyl halides is 1. The molecule has 1 aromatic rings. The van der Waals surface area contributed by atoms with Crippen molar-refractivity contribution in [2.24, 2.45) is 7.05 Å². The van der Waals surface area contributed by atoms with E-state index in [1.165, 1.54) is 0 Å². The van der Waals surface area contributed by atoms with Crippen molar-refractivity contribution in [1.82, 2.24) is 19.9 Å². The van der Waals surface area contributed by atoms with Crippen LogP contribution in [-0.2, 0) is 18.4 Å². The second-order valence-corrected chi connectivity index (χ2v) is 4.01. The van der Waals surface area contributed by atoms with E-state index in [9.17, 15) is 4.79 Å².